The lowest BCUT2D eigenvalue weighted by Crippen LogP contribution is -1.90. The van der Waals surface area contributed by atoms with Crippen LogP contribution in [0, 0.1) is 0 Å². The summed E-state index contributed by atoms with van der Waals surface area (Å²) in [5.74, 6) is -0.966. The number of aliphatic carboxylic acids is 1. The van der Waals surface area contributed by atoms with Crippen LogP contribution < -0.4 is 0 Å². The number of benzene rings is 1. The van der Waals surface area contributed by atoms with Crippen molar-refractivity contribution < 1.29 is 9.90 Å². The van der Waals surface area contributed by atoms with Crippen LogP contribution in [0.4, 0.5) is 0 Å². The fraction of sp³-hybridized carbons (Fsp3) is 0. The number of carbonyl (C=O) groups is 1. The van der Waals surface area contributed by atoms with E-state index in [2.05, 4.69) is 4.98 Å². The largest absolute Gasteiger partial charge is 0.478 e. The molecule has 0 amide bonds. The molecule has 3 rings (SSSR count). The summed E-state index contributed by atoms with van der Waals surface area (Å²) >= 11 is 1.53. The molecule has 3 aromatic rings. The zero-order chi connectivity index (χ0) is 13.2. The van der Waals surface area contributed by atoms with Crippen LogP contribution in [-0.2, 0) is 4.79 Å². The molecule has 19 heavy (non-hydrogen) atoms. The highest BCUT2D eigenvalue weighted by Gasteiger charge is 2.09. The molecule has 2 aromatic heterocycles. The molecule has 2 heterocycles. The van der Waals surface area contributed by atoms with Gasteiger partial charge >= 0.3 is 5.97 Å². The van der Waals surface area contributed by atoms with Gasteiger partial charge in [-0.1, -0.05) is 30.3 Å². The number of carboxylic acid groups (broad SMARTS) is 1. The fourth-order valence-electron chi connectivity index (χ4n) is 1.91. The molecule has 1 N–H and O–H groups in total. The predicted molar refractivity (Wildman–Crippen MR) is 75.2 cm³/mol. The molecule has 0 aliphatic heterocycles. The highest BCUT2D eigenvalue weighted by Crippen LogP contribution is 2.27. The average molecular weight is 270 g/mol. The van der Waals surface area contributed by atoms with Gasteiger partial charge in [-0.05, 0) is 11.6 Å². The van der Waals surface area contributed by atoms with Crippen molar-refractivity contribution in [3.8, 4) is 11.3 Å². The Labute approximate surface area is 113 Å². The van der Waals surface area contributed by atoms with Crippen LogP contribution in [0.15, 0.2) is 48.0 Å². The van der Waals surface area contributed by atoms with Crippen molar-refractivity contribution in [2.45, 2.75) is 0 Å². The standard InChI is InChI=1S/C14H10N2O2S/c17-13(18)7-6-11-8-15-14-16(11)12(9-19-14)10-4-2-1-3-5-10/h1-9H,(H,17,18)/b7-6+. The molecule has 0 bridgehead atoms. The second-order valence-corrected chi connectivity index (χ2v) is 4.80. The van der Waals surface area contributed by atoms with Gasteiger partial charge in [-0.2, -0.15) is 0 Å². The van der Waals surface area contributed by atoms with E-state index in [9.17, 15) is 4.79 Å². The molecule has 0 saturated carbocycles. The summed E-state index contributed by atoms with van der Waals surface area (Å²) in [7, 11) is 0. The van der Waals surface area contributed by atoms with Crippen LogP contribution in [-0.4, -0.2) is 20.5 Å². The summed E-state index contributed by atoms with van der Waals surface area (Å²) < 4.78 is 1.96. The van der Waals surface area contributed by atoms with Gasteiger partial charge in [0, 0.05) is 11.5 Å². The van der Waals surface area contributed by atoms with Gasteiger partial charge < -0.3 is 5.11 Å². The Morgan fingerprint density at radius 1 is 1.32 bits per heavy atom. The topological polar surface area (TPSA) is 54.6 Å². The fourth-order valence-corrected chi connectivity index (χ4v) is 2.80. The van der Waals surface area contributed by atoms with Crippen molar-refractivity contribution in [1.82, 2.24) is 9.38 Å². The maximum Gasteiger partial charge on any atom is 0.328 e. The van der Waals surface area contributed by atoms with Gasteiger partial charge in [0.2, 0.25) is 0 Å². The van der Waals surface area contributed by atoms with Gasteiger partial charge in [-0.25, -0.2) is 9.78 Å². The number of carboxylic acids is 1. The van der Waals surface area contributed by atoms with E-state index in [1.807, 2.05) is 40.1 Å². The summed E-state index contributed by atoms with van der Waals surface area (Å²) in [5.41, 5.74) is 2.86. The van der Waals surface area contributed by atoms with E-state index in [0.29, 0.717) is 0 Å². The summed E-state index contributed by atoms with van der Waals surface area (Å²) in [4.78, 5) is 15.7. The molecule has 0 aliphatic carbocycles. The van der Waals surface area contributed by atoms with E-state index in [1.165, 1.54) is 11.3 Å². The van der Waals surface area contributed by atoms with Gasteiger partial charge in [0.15, 0.2) is 4.96 Å². The van der Waals surface area contributed by atoms with Gasteiger partial charge in [0.1, 0.15) is 0 Å². The SMILES string of the molecule is O=C(O)/C=C/c1cnc2scc(-c3ccccc3)n12. The van der Waals surface area contributed by atoms with Crippen molar-refractivity contribution in [3.63, 3.8) is 0 Å². The van der Waals surface area contributed by atoms with Crippen LogP contribution in [0.5, 0.6) is 0 Å². The van der Waals surface area contributed by atoms with E-state index < -0.39 is 5.97 Å². The van der Waals surface area contributed by atoms with E-state index >= 15 is 0 Å². The van der Waals surface area contributed by atoms with Crippen molar-refractivity contribution in [2.24, 2.45) is 0 Å². The minimum atomic E-state index is -0.966. The Hall–Kier alpha value is -2.40. The third-order valence-corrected chi connectivity index (χ3v) is 3.58. The lowest BCUT2D eigenvalue weighted by molar-refractivity contribution is -0.131. The summed E-state index contributed by atoms with van der Waals surface area (Å²) in [6.07, 6.45) is 4.36. The molecule has 1 aromatic carbocycles. The Morgan fingerprint density at radius 3 is 2.84 bits per heavy atom. The van der Waals surface area contributed by atoms with Crippen molar-refractivity contribution in [2.75, 3.05) is 0 Å². The van der Waals surface area contributed by atoms with Crippen LogP contribution in [0.2, 0.25) is 0 Å². The van der Waals surface area contributed by atoms with Crippen LogP contribution in [0.3, 0.4) is 0 Å². The van der Waals surface area contributed by atoms with Crippen molar-refractivity contribution in [3.05, 3.63) is 53.7 Å². The molecule has 0 aliphatic rings. The number of hydrogen-bond acceptors (Lipinski definition) is 3. The average Bonchev–Trinajstić information content (AvgIpc) is 2.99. The predicted octanol–water partition coefficient (Wildman–Crippen LogP) is 3.16. The number of imidazole rings is 1. The third-order valence-electron chi connectivity index (χ3n) is 2.74. The first-order valence-corrected chi connectivity index (χ1v) is 6.55. The van der Waals surface area contributed by atoms with Gasteiger partial charge in [-0.15, -0.1) is 11.3 Å². The molecule has 5 heteroatoms. The van der Waals surface area contributed by atoms with Gasteiger partial charge in [-0.3, -0.25) is 4.40 Å². The molecular formula is C14H10N2O2S. The molecule has 0 saturated heterocycles. The number of hydrogen-bond donors (Lipinski definition) is 1. The molecule has 0 spiro atoms. The lowest BCUT2D eigenvalue weighted by Gasteiger charge is -2.01. The number of fused-ring (bicyclic) bond motifs is 1. The highest BCUT2D eigenvalue weighted by atomic mass is 32.1. The van der Waals surface area contributed by atoms with Crippen molar-refractivity contribution in [1.29, 1.82) is 0 Å². The molecular weight excluding hydrogens is 260 g/mol. The van der Waals surface area contributed by atoms with E-state index in [4.69, 9.17) is 5.11 Å². The highest BCUT2D eigenvalue weighted by molar-refractivity contribution is 7.15. The smallest absolute Gasteiger partial charge is 0.328 e. The molecule has 4 nitrogen and oxygen atoms in total. The van der Waals surface area contributed by atoms with Crippen LogP contribution >= 0.6 is 11.3 Å². The maximum atomic E-state index is 10.6. The first-order valence-electron chi connectivity index (χ1n) is 5.67. The van der Waals surface area contributed by atoms with Gasteiger partial charge in [0.05, 0.1) is 17.6 Å². The number of nitrogens with zero attached hydrogens (tertiary/aromatic N) is 2. The summed E-state index contributed by atoms with van der Waals surface area (Å²) in [6, 6.07) is 9.95. The normalized spacial score (nSPS) is 11.4. The molecule has 0 radical (unpaired) electrons. The number of aromatic nitrogens is 2. The minimum absolute atomic E-state index is 0.762. The first kappa shape index (κ1) is 11.7. The second-order valence-electron chi connectivity index (χ2n) is 3.96. The summed E-state index contributed by atoms with van der Waals surface area (Å²) in [6.45, 7) is 0. The van der Waals surface area contributed by atoms with Crippen LogP contribution in [0.25, 0.3) is 22.3 Å². The maximum absolute atomic E-state index is 10.6. The third kappa shape index (κ3) is 2.15. The first-order chi connectivity index (χ1) is 9.25. The molecule has 0 fully saturated rings. The zero-order valence-electron chi connectivity index (χ0n) is 9.85. The van der Waals surface area contributed by atoms with Crippen molar-refractivity contribution >= 4 is 28.3 Å². The summed E-state index contributed by atoms with van der Waals surface area (Å²) in [5, 5.41) is 10.7. The number of thiazole rings is 1. The Balaban J connectivity index is 2.16. The second kappa shape index (κ2) is 4.70. The lowest BCUT2D eigenvalue weighted by atomic mass is 10.2. The quantitative estimate of drug-likeness (QED) is 0.744. The molecule has 0 atom stereocenters. The Morgan fingerprint density at radius 2 is 2.11 bits per heavy atom. The number of rotatable bonds is 3. The van der Waals surface area contributed by atoms with Gasteiger partial charge in [0.25, 0.3) is 0 Å². The van der Waals surface area contributed by atoms with Crippen LogP contribution in [0.1, 0.15) is 5.69 Å². The zero-order valence-corrected chi connectivity index (χ0v) is 10.7. The van der Waals surface area contributed by atoms with E-state index in [0.717, 1.165) is 28.0 Å². The Kier molecular flexibility index (Phi) is 2.89. The molecule has 94 valence electrons. The Bertz CT molecular complexity index is 756. The minimum Gasteiger partial charge on any atom is -0.478 e. The van der Waals surface area contributed by atoms with E-state index in [1.54, 1.807) is 12.3 Å². The molecule has 0 unspecified atom stereocenters. The van der Waals surface area contributed by atoms with E-state index in [-0.39, 0.29) is 0 Å². The monoisotopic (exact) mass is 270 g/mol.